The zero-order chi connectivity index (χ0) is 14.9. The van der Waals surface area contributed by atoms with Crippen LogP contribution in [0.3, 0.4) is 0 Å². The van der Waals surface area contributed by atoms with E-state index in [4.69, 9.17) is 5.11 Å². The second-order valence-electron chi connectivity index (χ2n) is 4.46. The van der Waals surface area contributed by atoms with Gasteiger partial charge < -0.3 is 5.11 Å². The topological polar surface area (TPSA) is 66.4 Å². The van der Waals surface area contributed by atoms with Crippen molar-refractivity contribution in [3.63, 3.8) is 0 Å². The van der Waals surface area contributed by atoms with Gasteiger partial charge in [0.25, 0.3) is 0 Å². The number of benzene rings is 1. The zero-order valence-corrected chi connectivity index (χ0v) is 11.0. The van der Waals surface area contributed by atoms with E-state index in [-0.39, 0.29) is 12.5 Å². The van der Waals surface area contributed by atoms with Crippen LogP contribution >= 0.6 is 0 Å². The summed E-state index contributed by atoms with van der Waals surface area (Å²) in [7, 11) is -4.31. The van der Waals surface area contributed by atoms with Crippen molar-refractivity contribution in [3.05, 3.63) is 41.7 Å². The number of aliphatic hydroxyl groups is 1. The van der Waals surface area contributed by atoms with Gasteiger partial charge in [0, 0.05) is 18.6 Å². The molecule has 0 saturated heterocycles. The molecule has 1 aromatic carbocycles. The first-order valence-corrected chi connectivity index (χ1v) is 7.28. The summed E-state index contributed by atoms with van der Waals surface area (Å²) in [5.74, 6) is -5.22. The molecule has 2 atom stereocenters. The van der Waals surface area contributed by atoms with Crippen LogP contribution in [-0.4, -0.2) is 26.2 Å². The van der Waals surface area contributed by atoms with E-state index >= 15 is 0 Å². The standard InChI is InChI=1S/C12H12F3NO3S/c13-9-3-4-10(12(15)11(9)14)20(18,19)16-8-2-1-7(5-8)6-17/h1-4,7-8,16-17H,5-6H2/t7-,8+/m0/s1. The molecule has 0 aliphatic heterocycles. The Morgan fingerprint density at radius 2 is 1.90 bits per heavy atom. The average Bonchev–Trinajstić information content (AvgIpc) is 2.82. The Hall–Kier alpha value is -1.38. The lowest BCUT2D eigenvalue weighted by Gasteiger charge is -2.13. The van der Waals surface area contributed by atoms with Crippen molar-refractivity contribution in [2.75, 3.05) is 6.61 Å². The van der Waals surface area contributed by atoms with Gasteiger partial charge in [-0.1, -0.05) is 12.2 Å². The van der Waals surface area contributed by atoms with Crippen molar-refractivity contribution >= 4 is 10.0 Å². The predicted molar refractivity (Wildman–Crippen MR) is 64.8 cm³/mol. The fourth-order valence-corrected chi connectivity index (χ4v) is 3.25. The van der Waals surface area contributed by atoms with Crippen LogP contribution in [0, 0.1) is 23.4 Å². The fraction of sp³-hybridized carbons (Fsp3) is 0.333. The van der Waals surface area contributed by atoms with Crippen LogP contribution in [0.5, 0.6) is 0 Å². The molecule has 1 aliphatic carbocycles. The van der Waals surface area contributed by atoms with Crippen LogP contribution in [0.2, 0.25) is 0 Å². The molecule has 1 aromatic rings. The van der Waals surface area contributed by atoms with Gasteiger partial charge in [0.1, 0.15) is 4.90 Å². The van der Waals surface area contributed by atoms with Crippen molar-refractivity contribution in [2.24, 2.45) is 5.92 Å². The van der Waals surface area contributed by atoms with Gasteiger partial charge in [0.2, 0.25) is 10.0 Å². The zero-order valence-electron chi connectivity index (χ0n) is 10.2. The summed E-state index contributed by atoms with van der Waals surface area (Å²) in [5.41, 5.74) is 0. The highest BCUT2D eigenvalue weighted by Gasteiger charge is 2.28. The Morgan fingerprint density at radius 3 is 2.50 bits per heavy atom. The first-order chi connectivity index (χ1) is 9.35. The highest BCUT2D eigenvalue weighted by atomic mass is 32.2. The highest BCUT2D eigenvalue weighted by Crippen LogP contribution is 2.22. The van der Waals surface area contributed by atoms with Gasteiger partial charge in [-0.25, -0.2) is 26.3 Å². The third-order valence-corrected chi connectivity index (χ3v) is 4.51. The van der Waals surface area contributed by atoms with E-state index in [0.29, 0.717) is 18.6 Å². The molecular formula is C12H12F3NO3S. The van der Waals surface area contributed by atoms with E-state index in [1.54, 1.807) is 6.08 Å². The van der Waals surface area contributed by atoms with E-state index in [1.807, 2.05) is 0 Å². The van der Waals surface area contributed by atoms with Gasteiger partial charge in [-0.2, -0.15) is 0 Å². The fourth-order valence-electron chi connectivity index (χ4n) is 1.98. The molecule has 8 heteroatoms. The smallest absolute Gasteiger partial charge is 0.244 e. The number of aliphatic hydroxyl groups excluding tert-OH is 1. The van der Waals surface area contributed by atoms with Gasteiger partial charge >= 0.3 is 0 Å². The summed E-state index contributed by atoms with van der Waals surface area (Å²) < 4.78 is 65.4. The molecule has 0 heterocycles. The molecule has 0 fully saturated rings. The van der Waals surface area contributed by atoms with E-state index in [0.717, 1.165) is 0 Å². The lowest BCUT2D eigenvalue weighted by molar-refractivity contribution is 0.248. The minimum atomic E-state index is -4.31. The minimum absolute atomic E-state index is 0.131. The van der Waals surface area contributed by atoms with Gasteiger partial charge in [-0.15, -0.1) is 0 Å². The molecular weight excluding hydrogens is 295 g/mol. The third kappa shape index (κ3) is 2.87. The molecule has 4 nitrogen and oxygen atoms in total. The normalized spacial score (nSPS) is 22.4. The van der Waals surface area contributed by atoms with Crippen LogP contribution in [0.25, 0.3) is 0 Å². The molecule has 0 saturated carbocycles. The van der Waals surface area contributed by atoms with Crippen LogP contribution < -0.4 is 4.72 Å². The summed E-state index contributed by atoms with van der Waals surface area (Å²) in [6.45, 7) is -0.131. The van der Waals surface area contributed by atoms with Crippen LogP contribution in [0.15, 0.2) is 29.2 Å². The summed E-state index contributed by atoms with van der Waals surface area (Å²) in [4.78, 5) is -0.947. The lowest BCUT2D eigenvalue weighted by atomic mass is 10.1. The van der Waals surface area contributed by atoms with Gasteiger partial charge in [0.15, 0.2) is 17.5 Å². The first kappa shape index (κ1) is 15.0. The molecule has 110 valence electrons. The molecule has 20 heavy (non-hydrogen) atoms. The summed E-state index contributed by atoms with van der Waals surface area (Å²) >= 11 is 0. The van der Waals surface area contributed by atoms with Gasteiger partial charge in [-0.05, 0) is 18.6 Å². The second-order valence-corrected chi connectivity index (χ2v) is 6.15. The highest BCUT2D eigenvalue weighted by molar-refractivity contribution is 7.89. The van der Waals surface area contributed by atoms with E-state index in [2.05, 4.69) is 4.72 Å². The number of nitrogens with one attached hydrogen (secondary N) is 1. The van der Waals surface area contributed by atoms with Crippen molar-refractivity contribution in [3.8, 4) is 0 Å². The first-order valence-electron chi connectivity index (χ1n) is 5.80. The Labute approximate surface area is 114 Å². The van der Waals surface area contributed by atoms with Crippen LogP contribution in [-0.2, 0) is 10.0 Å². The number of rotatable bonds is 4. The number of hydrogen-bond donors (Lipinski definition) is 2. The predicted octanol–water partition coefficient (Wildman–Crippen LogP) is 1.32. The number of halogens is 3. The van der Waals surface area contributed by atoms with E-state index in [1.165, 1.54) is 6.08 Å². The van der Waals surface area contributed by atoms with Crippen molar-refractivity contribution in [2.45, 2.75) is 17.4 Å². The third-order valence-electron chi connectivity index (χ3n) is 3.00. The molecule has 0 bridgehead atoms. The average molecular weight is 307 g/mol. The van der Waals surface area contributed by atoms with E-state index < -0.39 is 38.4 Å². The quantitative estimate of drug-likeness (QED) is 0.651. The molecule has 0 aromatic heterocycles. The van der Waals surface area contributed by atoms with E-state index in [9.17, 15) is 21.6 Å². The molecule has 0 unspecified atom stereocenters. The number of sulfonamides is 1. The Morgan fingerprint density at radius 1 is 1.20 bits per heavy atom. The number of hydrogen-bond acceptors (Lipinski definition) is 3. The van der Waals surface area contributed by atoms with Gasteiger partial charge in [-0.3, -0.25) is 0 Å². The van der Waals surface area contributed by atoms with Crippen molar-refractivity contribution in [1.82, 2.24) is 4.72 Å². The second kappa shape index (κ2) is 5.55. The molecule has 1 aliphatic rings. The Balaban J connectivity index is 2.24. The molecule has 0 amide bonds. The maximum Gasteiger partial charge on any atom is 0.244 e. The Kier molecular flexibility index (Phi) is 4.17. The van der Waals surface area contributed by atoms with Crippen LogP contribution in [0.1, 0.15) is 6.42 Å². The SMILES string of the molecule is O=S(=O)(N[C@@H]1C=C[C@H](CO)C1)c1ccc(F)c(F)c1F. The largest absolute Gasteiger partial charge is 0.396 e. The maximum absolute atomic E-state index is 13.5. The van der Waals surface area contributed by atoms with Crippen molar-refractivity contribution in [1.29, 1.82) is 0 Å². The Bertz CT molecular complexity index is 646. The summed E-state index contributed by atoms with van der Waals surface area (Å²) in [5, 5.41) is 8.93. The van der Waals surface area contributed by atoms with Gasteiger partial charge in [0.05, 0.1) is 0 Å². The maximum atomic E-state index is 13.5. The minimum Gasteiger partial charge on any atom is -0.396 e. The molecule has 2 N–H and O–H groups in total. The molecule has 0 spiro atoms. The monoisotopic (exact) mass is 307 g/mol. The molecule has 2 rings (SSSR count). The van der Waals surface area contributed by atoms with Crippen LogP contribution in [0.4, 0.5) is 13.2 Å². The van der Waals surface area contributed by atoms with Crippen molar-refractivity contribution < 1.29 is 26.7 Å². The molecule has 0 radical (unpaired) electrons. The summed E-state index contributed by atoms with van der Waals surface area (Å²) in [6.07, 6.45) is 3.48. The summed E-state index contributed by atoms with van der Waals surface area (Å²) in [6, 6.07) is 0.594. The lowest BCUT2D eigenvalue weighted by Crippen LogP contribution is -2.33.